The van der Waals surface area contributed by atoms with Crippen molar-refractivity contribution in [3.05, 3.63) is 83.7 Å². The van der Waals surface area contributed by atoms with Gasteiger partial charge in [-0.1, -0.05) is 59.8 Å². The molecule has 1 amide bonds. The summed E-state index contributed by atoms with van der Waals surface area (Å²) in [5.41, 5.74) is 2.57. The van der Waals surface area contributed by atoms with E-state index in [2.05, 4.69) is 25.3 Å². The van der Waals surface area contributed by atoms with Crippen LogP contribution < -0.4 is 10.0 Å². The van der Waals surface area contributed by atoms with Gasteiger partial charge in [0, 0.05) is 19.5 Å². The number of hydrogen-bond acceptors (Lipinski definition) is 7. The van der Waals surface area contributed by atoms with Crippen LogP contribution in [0.5, 0.6) is 0 Å². The van der Waals surface area contributed by atoms with Gasteiger partial charge >= 0.3 is 0 Å². The Bertz CT molecular complexity index is 1370. The van der Waals surface area contributed by atoms with Crippen LogP contribution in [-0.2, 0) is 27.8 Å². The fraction of sp³-hybridized carbons (Fsp3) is 0.217. The molecule has 176 valence electrons. The predicted molar refractivity (Wildman–Crippen MR) is 130 cm³/mol. The summed E-state index contributed by atoms with van der Waals surface area (Å²) >= 11 is 1.31. The third-order valence-electron chi connectivity index (χ3n) is 4.96. The van der Waals surface area contributed by atoms with Crippen LogP contribution in [0, 0.1) is 6.92 Å². The molecule has 0 saturated carbocycles. The average molecular weight is 497 g/mol. The second-order valence-electron chi connectivity index (χ2n) is 7.57. The minimum atomic E-state index is -3.61. The molecule has 0 atom stereocenters. The fourth-order valence-corrected chi connectivity index (χ4v) is 4.85. The summed E-state index contributed by atoms with van der Waals surface area (Å²) < 4.78 is 29.1. The van der Waals surface area contributed by atoms with Crippen molar-refractivity contribution in [2.45, 2.75) is 29.8 Å². The van der Waals surface area contributed by atoms with Gasteiger partial charge in [0.25, 0.3) is 0 Å². The number of fused-ring (bicyclic) bond motifs is 1. The predicted octanol–water partition coefficient (Wildman–Crippen LogP) is 2.36. The molecule has 0 aliphatic carbocycles. The molecule has 2 N–H and O–H groups in total. The van der Waals surface area contributed by atoms with Crippen LogP contribution in [0.2, 0.25) is 0 Å². The summed E-state index contributed by atoms with van der Waals surface area (Å²) in [5, 5.41) is 16.2. The summed E-state index contributed by atoms with van der Waals surface area (Å²) in [7, 11) is -3.61. The van der Waals surface area contributed by atoms with Crippen LogP contribution in [-0.4, -0.2) is 46.4 Å². The lowest BCUT2D eigenvalue weighted by atomic mass is 10.2. The van der Waals surface area contributed by atoms with E-state index in [4.69, 9.17) is 0 Å². The van der Waals surface area contributed by atoms with Gasteiger partial charge in [0.2, 0.25) is 15.9 Å². The van der Waals surface area contributed by atoms with Gasteiger partial charge in [0.1, 0.15) is 5.03 Å². The van der Waals surface area contributed by atoms with Gasteiger partial charge in [-0.2, -0.15) is 9.61 Å². The minimum Gasteiger partial charge on any atom is -0.351 e. The summed E-state index contributed by atoms with van der Waals surface area (Å²) in [6.07, 6.45) is 0.310. The first-order valence-corrected chi connectivity index (χ1v) is 13.1. The number of aryl methyl sites for hydroxylation is 1. The highest BCUT2D eigenvalue weighted by molar-refractivity contribution is 7.99. The van der Waals surface area contributed by atoms with Crippen molar-refractivity contribution in [1.29, 1.82) is 0 Å². The monoisotopic (exact) mass is 496 g/mol. The molecule has 0 spiro atoms. The SMILES string of the molecule is Cc1ccc(S(=O)(=O)NCCc2nnc3ccc(SCC(=O)NCc4ccccc4)nn23)cc1. The van der Waals surface area contributed by atoms with E-state index >= 15 is 0 Å². The molecule has 0 fully saturated rings. The standard InChI is InChI=1S/C23H24N6O3S2/c1-17-7-9-19(10-8-17)34(31,32)25-14-13-21-27-26-20-11-12-23(28-29(20)21)33-16-22(30)24-15-18-5-3-2-4-6-18/h2-12,25H,13-16H2,1H3,(H,24,30). The number of rotatable bonds is 10. The van der Waals surface area contributed by atoms with Crippen molar-refractivity contribution >= 4 is 33.3 Å². The van der Waals surface area contributed by atoms with E-state index < -0.39 is 10.0 Å². The first-order valence-electron chi connectivity index (χ1n) is 10.6. The van der Waals surface area contributed by atoms with E-state index in [0.29, 0.717) is 29.5 Å². The Morgan fingerprint density at radius 2 is 1.76 bits per heavy atom. The van der Waals surface area contributed by atoms with Crippen LogP contribution >= 0.6 is 11.8 Å². The molecule has 0 bridgehead atoms. The molecule has 34 heavy (non-hydrogen) atoms. The quantitative estimate of drug-likeness (QED) is 0.324. The molecule has 0 aliphatic rings. The zero-order chi connectivity index (χ0) is 24.0. The van der Waals surface area contributed by atoms with E-state index in [1.54, 1.807) is 40.9 Å². The summed E-state index contributed by atoms with van der Waals surface area (Å²) in [6.45, 7) is 2.52. The third kappa shape index (κ3) is 6.19. The van der Waals surface area contributed by atoms with Crippen molar-refractivity contribution in [2.24, 2.45) is 0 Å². The molecule has 0 unspecified atom stereocenters. The normalized spacial score (nSPS) is 11.6. The maximum Gasteiger partial charge on any atom is 0.240 e. The first kappa shape index (κ1) is 23.9. The summed E-state index contributed by atoms with van der Waals surface area (Å²) in [6, 6.07) is 19.9. The number of hydrogen-bond donors (Lipinski definition) is 2. The van der Waals surface area contributed by atoms with E-state index in [1.165, 1.54) is 11.8 Å². The van der Waals surface area contributed by atoms with E-state index in [1.807, 2.05) is 37.3 Å². The molecule has 4 aromatic rings. The van der Waals surface area contributed by atoms with Crippen molar-refractivity contribution in [3.8, 4) is 0 Å². The smallest absolute Gasteiger partial charge is 0.240 e. The zero-order valence-corrected chi connectivity index (χ0v) is 20.1. The number of nitrogens with one attached hydrogen (secondary N) is 2. The van der Waals surface area contributed by atoms with Crippen LogP contribution in [0.4, 0.5) is 0 Å². The number of sulfonamides is 1. The van der Waals surface area contributed by atoms with Crippen molar-refractivity contribution < 1.29 is 13.2 Å². The number of amides is 1. The molecular weight excluding hydrogens is 472 g/mol. The molecule has 11 heteroatoms. The van der Waals surface area contributed by atoms with E-state index in [-0.39, 0.29) is 23.1 Å². The summed E-state index contributed by atoms with van der Waals surface area (Å²) in [5.74, 6) is 0.655. The lowest BCUT2D eigenvalue weighted by molar-refractivity contribution is -0.118. The number of benzene rings is 2. The zero-order valence-electron chi connectivity index (χ0n) is 18.5. The van der Waals surface area contributed by atoms with Gasteiger partial charge in [-0.05, 0) is 36.8 Å². The molecule has 2 heterocycles. The number of thioether (sulfide) groups is 1. The molecule has 2 aromatic heterocycles. The Labute approximate surface area is 202 Å². The van der Waals surface area contributed by atoms with Crippen LogP contribution in [0.15, 0.2) is 76.7 Å². The molecule has 0 radical (unpaired) electrons. The second-order valence-corrected chi connectivity index (χ2v) is 10.3. The van der Waals surface area contributed by atoms with Crippen LogP contribution in [0.3, 0.4) is 0 Å². The highest BCUT2D eigenvalue weighted by atomic mass is 32.2. The molecule has 0 aliphatic heterocycles. The van der Waals surface area contributed by atoms with Crippen molar-refractivity contribution in [1.82, 2.24) is 29.9 Å². The van der Waals surface area contributed by atoms with Crippen molar-refractivity contribution in [2.75, 3.05) is 12.3 Å². The number of carbonyl (C=O) groups excluding carboxylic acids is 1. The molecular formula is C23H24N6O3S2. The highest BCUT2D eigenvalue weighted by Crippen LogP contribution is 2.16. The Balaban J connectivity index is 1.33. The fourth-order valence-electron chi connectivity index (χ4n) is 3.13. The summed E-state index contributed by atoms with van der Waals surface area (Å²) in [4.78, 5) is 12.4. The number of carbonyl (C=O) groups is 1. The Morgan fingerprint density at radius 1 is 1.00 bits per heavy atom. The Hall–Kier alpha value is -3.28. The molecule has 9 nitrogen and oxygen atoms in total. The van der Waals surface area contributed by atoms with Gasteiger partial charge < -0.3 is 5.32 Å². The van der Waals surface area contributed by atoms with E-state index in [9.17, 15) is 13.2 Å². The van der Waals surface area contributed by atoms with Gasteiger partial charge in [-0.3, -0.25) is 4.79 Å². The molecule has 2 aromatic carbocycles. The average Bonchev–Trinajstić information content (AvgIpc) is 3.24. The van der Waals surface area contributed by atoms with E-state index in [0.717, 1.165) is 11.1 Å². The Morgan fingerprint density at radius 3 is 2.53 bits per heavy atom. The maximum absolute atomic E-state index is 12.5. The van der Waals surface area contributed by atoms with Crippen LogP contribution in [0.25, 0.3) is 5.65 Å². The molecule has 4 rings (SSSR count). The van der Waals surface area contributed by atoms with Crippen LogP contribution in [0.1, 0.15) is 17.0 Å². The lowest BCUT2D eigenvalue weighted by Gasteiger charge is -2.07. The number of nitrogens with zero attached hydrogens (tertiary/aromatic N) is 4. The maximum atomic E-state index is 12.5. The minimum absolute atomic E-state index is 0.0924. The Kier molecular flexibility index (Phi) is 7.56. The molecule has 0 saturated heterocycles. The van der Waals surface area contributed by atoms with Gasteiger partial charge in [-0.15, -0.1) is 10.2 Å². The lowest BCUT2D eigenvalue weighted by Crippen LogP contribution is -2.26. The topological polar surface area (TPSA) is 118 Å². The first-order chi connectivity index (χ1) is 16.4. The largest absolute Gasteiger partial charge is 0.351 e. The number of aromatic nitrogens is 4. The van der Waals surface area contributed by atoms with Gasteiger partial charge in [0.05, 0.1) is 10.6 Å². The van der Waals surface area contributed by atoms with Gasteiger partial charge in [-0.25, -0.2) is 13.1 Å². The second kappa shape index (κ2) is 10.8. The highest BCUT2D eigenvalue weighted by Gasteiger charge is 2.15. The third-order valence-corrected chi connectivity index (χ3v) is 7.36. The van der Waals surface area contributed by atoms with Gasteiger partial charge in [0.15, 0.2) is 11.5 Å². The van der Waals surface area contributed by atoms with Crippen molar-refractivity contribution in [3.63, 3.8) is 0 Å².